The van der Waals surface area contributed by atoms with Crippen LogP contribution in [0.4, 0.5) is 10.1 Å². The molecule has 3 aromatic rings. The summed E-state index contributed by atoms with van der Waals surface area (Å²) in [7, 11) is -3.61. The summed E-state index contributed by atoms with van der Waals surface area (Å²) in [5, 5.41) is 0. The van der Waals surface area contributed by atoms with E-state index in [0.29, 0.717) is 44.7 Å². The number of sulfonamides is 1. The van der Waals surface area contributed by atoms with Gasteiger partial charge in [-0.1, -0.05) is 54.6 Å². The highest BCUT2D eigenvalue weighted by atomic mass is 32.2. The minimum absolute atomic E-state index is 0.0504. The number of aryl methyl sites for hydroxylation is 1. The Kier molecular flexibility index (Phi) is 7.59. The van der Waals surface area contributed by atoms with Gasteiger partial charge in [-0.05, 0) is 41.8 Å². The molecule has 1 aliphatic rings. The normalized spacial score (nSPS) is 14.3. The van der Waals surface area contributed by atoms with Gasteiger partial charge in [-0.25, -0.2) is 17.5 Å². The van der Waals surface area contributed by atoms with Crippen molar-refractivity contribution in [1.29, 1.82) is 0 Å². The fourth-order valence-electron chi connectivity index (χ4n) is 4.01. The predicted molar refractivity (Wildman–Crippen MR) is 130 cm³/mol. The lowest BCUT2D eigenvalue weighted by atomic mass is 10.1. The lowest BCUT2D eigenvalue weighted by Crippen LogP contribution is -2.49. The molecule has 1 heterocycles. The van der Waals surface area contributed by atoms with Crippen LogP contribution < -0.4 is 9.62 Å². The Morgan fingerprint density at radius 1 is 0.824 bits per heavy atom. The number of para-hydroxylation sites is 1. The van der Waals surface area contributed by atoms with Crippen LogP contribution in [0.15, 0.2) is 83.8 Å². The van der Waals surface area contributed by atoms with E-state index in [4.69, 9.17) is 0 Å². The number of hydrogen-bond donors (Lipinski definition) is 1. The third-order valence-corrected chi connectivity index (χ3v) is 7.41. The number of nitrogens with zero attached hydrogens (tertiary/aromatic N) is 2. The van der Waals surface area contributed by atoms with Crippen molar-refractivity contribution in [1.82, 2.24) is 9.62 Å². The van der Waals surface area contributed by atoms with Crippen LogP contribution in [0.2, 0.25) is 0 Å². The average molecular weight is 482 g/mol. The summed E-state index contributed by atoms with van der Waals surface area (Å²) < 4.78 is 41.7. The molecule has 0 atom stereocenters. The summed E-state index contributed by atoms with van der Waals surface area (Å²) in [4.78, 5) is 16.6. The first kappa shape index (κ1) is 23.9. The summed E-state index contributed by atoms with van der Waals surface area (Å²) in [6.45, 7) is 2.52. The highest BCUT2D eigenvalue weighted by Crippen LogP contribution is 2.20. The van der Waals surface area contributed by atoms with E-state index in [1.54, 1.807) is 36.4 Å². The molecule has 6 nitrogen and oxygen atoms in total. The molecule has 3 aromatic carbocycles. The van der Waals surface area contributed by atoms with Crippen LogP contribution in [-0.4, -0.2) is 45.4 Å². The molecule has 8 heteroatoms. The molecule has 1 fully saturated rings. The van der Waals surface area contributed by atoms with Crippen LogP contribution in [0.3, 0.4) is 0 Å². The van der Waals surface area contributed by atoms with E-state index in [1.165, 1.54) is 6.07 Å². The second-order valence-corrected chi connectivity index (χ2v) is 10.0. The second kappa shape index (κ2) is 10.8. The first-order chi connectivity index (χ1) is 16.4. The molecule has 0 aliphatic carbocycles. The fraction of sp³-hybridized carbons (Fsp3) is 0.269. The maximum Gasteiger partial charge on any atom is 0.240 e. The third-order valence-electron chi connectivity index (χ3n) is 6.00. The van der Waals surface area contributed by atoms with E-state index in [1.807, 2.05) is 46.2 Å². The summed E-state index contributed by atoms with van der Waals surface area (Å²) >= 11 is 0. The molecular weight excluding hydrogens is 453 g/mol. The van der Waals surface area contributed by atoms with Crippen molar-refractivity contribution in [2.75, 3.05) is 31.1 Å². The number of anilines is 1. The summed E-state index contributed by atoms with van der Waals surface area (Å²) in [5.74, 6) is -0.197. The van der Waals surface area contributed by atoms with Crippen LogP contribution >= 0.6 is 0 Å². The maximum absolute atomic E-state index is 14.0. The smallest absolute Gasteiger partial charge is 0.240 e. The molecule has 1 saturated heterocycles. The molecule has 1 amide bonds. The van der Waals surface area contributed by atoms with Crippen molar-refractivity contribution in [3.63, 3.8) is 0 Å². The third kappa shape index (κ3) is 6.01. The Bertz CT molecular complexity index is 1210. The van der Waals surface area contributed by atoms with Crippen molar-refractivity contribution in [2.45, 2.75) is 24.3 Å². The Morgan fingerprint density at radius 3 is 2.15 bits per heavy atom. The summed E-state index contributed by atoms with van der Waals surface area (Å²) in [6.07, 6.45) is 0.877. The van der Waals surface area contributed by atoms with Crippen molar-refractivity contribution >= 4 is 21.6 Å². The summed E-state index contributed by atoms with van der Waals surface area (Å²) in [5.41, 5.74) is 2.36. The van der Waals surface area contributed by atoms with Gasteiger partial charge in [-0.3, -0.25) is 4.79 Å². The number of halogens is 1. The van der Waals surface area contributed by atoms with Gasteiger partial charge in [0.05, 0.1) is 10.6 Å². The zero-order chi connectivity index (χ0) is 24.0. The fourth-order valence-corrected chi connectivity index (χ4v) is 5.02. The number of nitrogens with one attached hydrogen (secondary N) is 1. The Balaban J connectivity index is 1.25. The molecule has 1 N–H and O–H groups in total. The van der Waals surface area contributed by atoms with Crippen LogP contribution in [0, 0.1) is 5.82 Å². The van der Waals surface area contributed by atoms with E-state index in [2.05, 4.69) is 4.72 Å². The molecule has 0 saturated carbocycles. The van der Waals surface area contributed by atoms with Crippen LogP contribution in [0.5, 0.6) is 0 Å². The van der Waals surface area contributed by atoms with Gasteiger partial charge in [0.15, 0.2) is 0 Å². The standard InChI is InChI=1S/C26H28FN3O3S/c27-24-8-4-5-9-25(24)29-16-18-30(19-17-29)26(31)15-12-21-10-13-23(14-11-21)34(32,33)28-20-22-6-2-1-3-7-22/h1-11,13-14,28H,12,15-20H2. The molecule has 178 valence electrons. The van der Waals surface area contributed by atoms with E-state index in [0.717, 1.165) is 11.1 Å². The van der Waals surface area contributed by atoms with Gasteiger partial charge in [0.25, 0.3) is 0 Å². The van der Waals surface area contributed by atoms with Crippen LogP contribution in [-0.2, 0) is 27.8 Å². The number of carbonyl (C=O) groups is 1. The minimum Gasteiger partial charge on any atom is -0.366 e. The quantitative estimate of drug-likeness (QED) is 0.534. The number of piperazine rings is 1. The summed E-state index contributed by atoms with van der Waals surface area (Å²) in [6, 6.07) is 22.7. The van der Waals surface area contributed by atoms with Gasteiger partial charge >= 0.3 is 0 Å². The number of carbonyl (C=O) groups excluding carboxylic acids is 1. The zero-order valence-corrected chi connectivity index (χ0v) is 19.7. The lowest BCUT2D eigenvalue weighted by molar-refractivity contribution is -0.131. The van der Waals surface area contributed by atoms with Crippen molar-refractivity contribution in [2.24, 2.45) is 0 Å². The van der Waals surface area contributed by atoms with E-state index in [-0.39, 0.29) is 23.2 Å². The topological polar surface area (TPSA) is 69.7 Å². The first-order valence-electron chi connectivity index (χ1n) is 11.3. The Labute approximate surface area is 200 Å². The molecule has 4 rings (SSSR count). The van der Waals surface area contributed by atoms with Gasteiger partial charge in [-0.15, -0.1) is 0 Å². The molecule has 0 radical (unpaired) electrons. The van der Waals surface area contributed by atoms with Crippen molar-refractivity contribution in [3.05, 3.63) is 95.8 Å². The predicted octanol–water partition coefficient (Wildman–Crippen LogP) is 3.59. The zero-order valence-electron chi connectivity index (χ0n) is 18.9. The van der Waals surface area contributed by atoms with E-state index >= 15 is 0 Å². The van der Waals surface area contributed by atoms with Crippen LogP contribution in [0.1, 0.15) is 17.5 Å². The Hall–Kier alpha value is -3.23. The van der Waals surface area contributed by atoms with Crippen LogP contribution in [0.25, 0.3) is 0 Å². The van der Waals surface area contributed by atoms with Gasteiger partial charge in [-0.2, -0.15) is 0 Å². The number of rotatable bonds is 8. The molecular formula is C26H28FN3O3S. The van der Waals surface area contributed by atoms with Crippen molar-refractivity contribution < 1.29 is 17.6 Å². The van der Waals surface area contributed by atoms with Gasteiger partial charge < -0.3 is 9.80 Å². The molecule has 0 unspecified atom stereocenters. The first-order valence-corrected chi connectivity index (χ1v) is 12.8. The maximum atomic E-state index is 14.0. The molecule has 0 aromatic heterocycles. The molecule has 0 bridgehead atoms. The van der Waals surface area contributed by atoms with E-state index in [9.17, 15) is 17.6 Å². The molecule has 1 aliphatic heterocycles. The number of amides is 1. The molecule has 34 heavy (non-hydrogen) atoms. The minimum atomic E-state index is -3.61. The average Bonchev–Trinajstić information content (AvgIpc) is 2.87. The number of hydrogen-bond acceptors (Lipinski definition) is 4. The Morgan fingerprint density at radius 2 is 1.47 bits per heavy atom. The van der Waals surface area contributed by atoms with Gasteiger partial charge in [0.1, 0.15) is 5.82 Å². The van der Waals surface area contributed by atoms with Gasteiger partial charge in [0.2, 0.25) is 15.9 Å². The second-order valence-electron chi connectivity index (χ2n) is 8.27. The highest BCUT2D eigenvalue weighted by Gasteiger charge is 2.22. The SMILES string of the molecule is O=C(CCc1ccc(S(=O)(=O)NCc2ccccc2)cc1)N1CCN(c2ccccc2F)CC1. The van der Waals surface area contributed by atoms with Crippen molar-refractivity contribution in [3.8, 4) is 0 Å². The number of benzene rings is 3. The molecule has 0 spiro atoms. The largest absolute Gasteiger partial charge is 0.366 e. The monoisotopic (exact) mass is 481 g/mol. The highest BCUT2D eigenvalue weighted by molar-refractivity contribution is 7.89. The van der Waals surface area contributed by atoms with E-state index < -0.39 is 10.0 Å². The lowest BCUT2D eigenvalue weighted by Gasteiger charge is -2.36. The van der Waals surface area contributed by atoms with Gasteiger partial charge in [0, 0.05) is 39.1 Å².